The quantitative estimate of drug-likeness (QED) is 0.0452. The Kier molecular flexibility index (Phi) is 18.6. The van der Waals surface area contributed by atoms with Gasteiger partial charge in [0, 0.05) is 36.9 Å². The highest BCUT2D eigenvalue weighted by Gasteiger charge is 2.59. The minimum atomic E-state index is -1.84. The van der Waals surface area contributed by atoms with E-state index in [1.54, 1.807) is 14.0 Å². The van der Waals surface area contributed by atoms with Gasteiger partial charge in [0.05, 0.1) is 37.6 Å². The number of aliphatic hydroxyl groups is 5. The van der Waals surface area contributed by atoms with Crippen molar-refractivity contribution in [3.8, 4) is 0 Å². The van der Waals surface area contributed by atoms with Crippen molar-refractivity contribution in [3.63, 3.8) is 0 Å². The number of carbonyl (C=O) groups excluding carboxylic acids is 2. The van der Waals surface area contributed by atoms with E-state index < -0.39 is 62.2 Å². The maximum Gasteiger partial charge on any atom is 0.343 e. The van der Waals surface area contributed by atoms with Gasteiger partial charge in [-0.2, -0.15) is 0 Å². The van der Waals surface area contributed by atoms with Crippen LogP contribution in [0, 0.1) is 63.6 Å². The van der Waals surface area contributed by atoms with Gasteiger partial charge in [0.25, 0.3) is 0 Å². The molecule has 14 heteroatoms. The largest absolute Gasteiger partial charge is 0.463 e. The molecule has 2 heterocycles. The fourth-order valence-electron chi connectivity index (χ4n) is 14.9. The van der Waals surface area contributed by atoms with E-state index >= 15 is 0 Å². The average molecular weight is 1020 g/mol. The van der Waals surface area contributed by atoms with Gasteiger partial charge in [-0.3, -0.25) is 0 Å². The van der Waals surface area contributed by atoms with Gasteiger partial charge in [0.1, 0.15) is 6.79 Å². The van der Waals surface area contributed by atoms with Gasteiger partial charge in [-0.1, -0.05) is 79.2 Å². The number of allylic oxidation sites excluding steroid dienone is 3. The normalized spacial score (nSPS) is 41.6. The zero-order valence-corrected chi connectivity index (χ0v) is 47.0. The van der Waals surface area contributed by atoms with E-state index in [4.69, 9.17) is 28.1 Å². The maximum absolute atomic E-state index is 13.0. The first-order valence-corrected chi connectivity index (χ1v) is 30.7. The Morgan fingerprint density at radius 2 is 1.56 bits per heavy atom. The fraction of sp³-hybridized carbons (Fsp3) is 0.860. The molecule has 5 saturated carbocycles. The Bertz CT molecular complexity index is 1920. The Labute approximate surface area is 428 Å². The van der Waals surface area contributed by atoms with Gasteiger partial charge in [-0.25, -0.2) is 9.59 Å². The van der Waals surface area contributed by atoms with E-state index in [2.05, 4.69) is 66.1 Å². The highest BCUT2D eigenvalue weighted by molar-refractivity contribution is 6.69. The highest BCUT2D eigenvalue weighted by Crippen LogP contribution is 2.61. The number of hydrogen-bond donors (Lipinski definition) is 5. The smallest absolute Gasteiger partial charge is 0.343 e. The zero-order chi connectivity index (χ0) is 52.6. The number of ether oxygens (including phenoxy) is 5. The number of carbonyl (C=O) groups is 2. The van der Waals surface area contributed by atoms with Crippen LogP contribution in [0.1, 0.15) is 152 Å². The van der Waals surface area contributed by atoms with Gasteiger partial charge in [-0.05, 0) is 168 Å². The van der Waals surface area contributed by atoms with E-state index in [1.165, 1.54) is 51.0 Å². The number of methoxy groups -OCH3 is 1. The van der Waals surface area contributed by atoms with Crippen LogP contribution >= 0.6 is 0 Å². The van der Waals surface area contributed by atoms with Crippen LogP contribution in [-0.2, 0) is 37.7 Å². The van der Waals surface area contributed by atoms with Gasteiger partial charge >= 0.3 is 11.9 Å². The fourth-order valence-corrected chi connectivity index (χ4v) is 16.1. The zero-order valence-electron chi connectivity index (χ0n) is 46.0. The number of rotatable bonds is 15. The van der Waals surface area contributed by atoms with Crippen molar-refractivity contribution in [2.45, 2.75) is 220 Å². The molecule has 7 aliphatic rings. The number of hydrogen-bond acceptors (Lipinski definition) is 13. The summed E-state index contributed by atoms with van der Waals surface area (Å²) in [7, 11) is -0.0293. The lowest BCUT2D eigenvalue weighted by molar-refractivity contribution is -0.200. The van der Waals surface area contributed by atoms with Gasteiger partial charge in [0.15, 0.2) is 19.5 Å². The summed E-state index contributed by atoms with van der Waals surface area (Å²) in [5, 5.41) is 52.9. The van der Waals surface area contributed by atoms with E-state index in [-0.39, 0.29) is 41.5 Å². The van der Waals surface area contributed by atoms with Crippen LogP contribution in [0.25, 0.3) is 0 Å². The first-order valence-electron chi connectivity index (χ1n) is 27.3. The summed E-state index contributed by atoms with van der Waals surface area (Å²) in [6, 6.07) is 0. The third-order valence-electron chi connectivity index (χ3n) is 18.8. The molecule has 0 amide bonds. The lowest BCUT2D eigenvalue weighted by Crippen LogP contribution is -2.57. The Hall–Kier alpha value is -1.98. The Balaban J connectivity index is 0.000000233. The lowest BCUT2D eigenvalue weighted by Gasteiger charge is -2.48. The predicted molar refractivity (Wildman–Crippen MR) is 276 cm³/mol. The molecule has 0 radical (unpaired) electrons. The Morgan fingerprint density at radius 3 is 2.21 bits per heavy atom. The molecular formula is C57H96O13Si. The monoisotopic (exact) mass is 1020 g/mol. The first-order chi connectivity index (χ1) is 33.0. The Morgan fingerprint density at radius 1 is 0.901 bits per heavy atom. The van der Waals surface area contributed by atoms with Crippen molar-refractivity contribution in [3.05, 3.63) is 35.5 Å². The molecule has 5 aliphatic carbocycles. The molecule has 0 bridgehead atoms. The van der Waals surface area contributed by atoms with E-state index in [9.17, 15) is 35.1 Å². The van der Waals surface area contributed by atoms with Crippen molar-refractivity contribution in [2.24, 2.45) is 63.6 Å². The lowest BCUT2D eigenvalue weighted by atomic mass is 9.60. The summed E-state index contributed by atoms with van der Waals surface area (Å²) in [4.78, 5) is 24.8. The molecule has 5 N–H and O–H groups in total. The number of cyclic esters (lactones) is 2. The van der Waals surface area contributed by atoms with Crippen LogP contribution < -0.4 is 0 Å². The first kappa shape index (κ1) is 58.3. The van der Waals surface area contributed by atoms with E-state index in [0.29, 0.717) is 61.1 Å². The maximum atomic E-state index is 13.0. The minimum absolute atomic E-state index is 0.142. The summed E-state index contributed by atoms with van der Waals surface area (Å²) in [5.41, 5.74) is -0.134. The SMILES string of the molecule is C=C1/C(=C\C=C2/CCC[C@@]3(C)C2CC[C@@H]3[C@H](C)C[C@H]2COC(=O)[C@](C)(O)[C@@H]2O)C[C@@H](O)C[C@@H]1O.COCOC[C@H](C[C@@H](C)[C@H]1CCC2[C@@H](O[Si](C)(C)C)CCC[C@@]21C)C(O)[C@@]1(C)O[C@H](C(C)(C)C)OC1=O. The molecule has 13 nitrogen and oxygen atoms in total. The standard InChI is InChI=1S/C29H54O7Si.C28H42O6/c1-19(21-13-14-22-23(36-37(8,9)10)12-11-15-28(21,22)5)16-20(17-33-18-32-7)24(30)29(6)25(31)34-26(35-29)27(2,3)4;1-16(12-20-15-34-26(32)28(4,33)25(20)31)22-9-10-23-18(6-5-11-27(22,23)3)7-8-19-13-21(29)14-24(30)17(19)2/h19-24,26,30H,11-18H2,1-10H3;7-8,16,20-25,29-31,33H,2,5-6,9-15H2,1,3-4H3/b;18-7+,19-8-/t19-,20+,21-,22?,23+,24?,26-,28-,29-;16-,20+,21-,22-,23?,24+,25-,27-,28-/m11/s1. The molecule has 3 unspecified atom stereocenters. The molecule has 7 rings (SSSR count). The van der Waals surface area contributed by atoms with Crippen LogP contribution in [0.15, 0.2) is 35.5 Å². The summed E-state index contributed by atoms with van der Waals surface area (Å²) in [6.45, 7) is 29.8. The molecule has 71 heavy (non-hydrogen) atoms. The van der Waals surface area contributed by atoms with E-state index in [1.807, 2.05) is 20.8 Å². The second-order valence-corrected chi connectivity index (χ2v) is 30.8. The van der Waals surface area contributed by atoms with Crippen molar-refractivity contribution >= 4 is 20.3 Å². The third-order valence-corrected chi connectivity index (χ3v) is 19.8. The van der Waals surface area contributed by atoms with Crippen LogP contribution in [0.5, 0.6) is 0 Å². The third kappa shape index (κ3) is 12.7. The molecule has 0 aromatic carbocycles. The molecule has 0 aromatic heterocycles. The van der Waals surface area contributed by atoms with Crippen molar-refractivity contribution in [1.29, 1.82) is 0 Å². The van der Waals surface area contributed by atoms with Crippen LogP contribution in [0.2, 0.25) is 19.6 Å². The molecule has 406 valence electrons. The van der Waals surface area contributed by atoms with Gasteiger partial charge in [-0.15, -0.1) is 0 Å². The minimum Gasteiger partial charge on any atom is -0.463 e. The summed E-state index contributed by atoms with van der Waals surface area (Å²) in [5.74, 6) is 1.01. The highest BCUT2D eigenvalue weighted by atomic mass is 28.4. The number of esters is 2. The second kappa shape index (κ2) is 22.7. The number of fused-ring (bicyclic) bond motifs is 2. The summed E-state index contributed by atoms with van der Waals surface area (Å²) < 4.78 is 34.5. The summed E-state index contributed by atoms with van der Waals surface area (Å²) in [6.07, 6.45) is 14.6. The molecule has 0 spiro atoms. The average Bonchev–Trinajstić information content (AvgIpc) is 3.94. The van der Waals surface area contributed by atoms with E-state index in [0.717, 1.165) is 49.7 Å². The van der Waals surface area contributed by atoms with Crippen molar-refractivity contribution in [1.82, 2.24) is 0 Å². The molecule has 2 aliphatic heterocycles. The number of aliphatic hydroxyl groups excluding tert-OH is 4. The molecule has 7 fully saturated rings. The topological polar surface area (TPSA) is 191 Å². The molecular weight excluding hydrogens is 921 g/mol. The van der Waals surface area contributed by atoms with Gasteiger partial charge in [0.2, 0.25) is 6.29 Å². The van der Waals surface area contributed by atoms with Crippen LogP contribution in [-0.4, -0.2) is 121 Å². The predicted octanol–water partition coefficient (Wildman–Crippen LogP) is 9.19. The molecule has 18 atom stereocenters. The van der Waals surface area contributed by atoms with Crippen LogP contribution in [0.4, 0.5) is 0 Å². The van der Waals surface area contributed by atoms with Gasteiger partial charge < -0.3 is 53.6 Å². The van der Waals surface area contributed by atoms with Crippen molar-refractivity contribution in [2.75, 3.05) is 27.1 Å². The van der Waals surface area contributed by atoms with Crippen molar-refractivity contribution < 1.29 is 63.2 Å². The molecule has 2 saturated heterocycles. The summed E-state index contributed by atoms with van der Waals surface area (Å²) >= 11 is 0. The molecule has 0 aromatic rings. The van der Waals surface area contributed by atoms with Crippen LogP contribution in [0.3, 0.4) is 0 Å². The second-order valence-electron chi connectivity index (χ2n) is 26.3.